The van der Waals surface area contributed by atoms with Crippen molar-refractivity contribution in [3.8, 4) is 0 Å². The summed E-state index contributed by atoms with van der Waals surface area (Å²) in [5, 5.41) is 22.8. The van der Waals surface area contributed by atoms with E-state index in [1.165, 1.54) is 57.8 Å². The number of hydrogen-bond donors (Lipinski definition) is 4. The van der Waals surface area contributed by atoms with E-state index in [2.05, 4.69) is 29.7 Å². The molecule has 4 N–H and O–H groups in total. The van der Waals surface area contributed by atoms with E-state index >= 15 is 0 Å². The van der Waals surface area contributed by atoms with Crippen LogP contribution < -0.4 is 10.6 Å². The van der Waals surface area contributed by atoms with E-state index in [0.717, 1.165) is 25.7 Å². The van der Waals surface area contributed by atoms with E-state index in [0.29, 0.717) is 6.42 Å². The van der Waals surface area contributed by atoms with Crippen LogP contribution in [0.15, 0.2) is 12.2 Å². The molecule has 0 fully saturated rings. The summed E-state index contributed by atoms with van der Waals surface area (Å²) in [5.74, 6) is -0.543. The number of amides is 2. The molecule has 0 spiro atoms. The first-order valence-corrected chi connectivity index (χ1v) is 11.6. The minimum absolute atomic E-state index is 0.125. The van der Waals surface area contributed by atoms with Gasteiger partial charge in [0.05, 0.1) is 25.8 Å². The molecule has 170 valence electrons. The van der Waals surface area contributed by atoms with E-state index in [9.17, 15) is 9.59 Å². The molecule has 0 aliphatic carbocycles. The lowest BCUT2D eigenvalue weighted by molar-refractivity contribution is -0.126. The molecule has 0 aromatic carbocycles. The first-order valence-electron chi connectivity index (χ1n) is 11.6. The number of allylic oxidation sites excluding steroid dienone is 2. The highest BCUT2D eigenvalue weighted by Gasteiger charge is 2.10. The van der Waals surface area contributed by atoms with Crippen LogP contribution in [0.3, 0.4) is 0 Å². The lowest BCUT2D eigenvalue weighted by atomic mass is 10.1. The summed E-state index contributed by atoms with van der Waals surface area (Å²) in [4.78, 5) is 23.2. The van der Waals surface area contributed by atoms with Gasteiger partial charge in [0.1, 0.15) is 0 Å². The van der Waals surface area contributed by atoms with Crippen LogP contribution in [0, 0.1) is 0 Å². The molecule has 2 amide bonds. The molecule has 0 heterocycles. The molecule has 0 aliphatic rings. The molecular formula is C23H44N2O4. The SMILES string of the molecule is CCCCCCCC/C=C/CCCCCCCC(=O)NCC(=O)NC(CO)CO. The van der Waals surface area contributed by atoms with Gasteiger partial charge in [0.25, 0.3) is 0 Å². The van der Waals surface area contributed by atoms with Crippen molar-refractivity contribution in [2.24, 2.45) is 0 Å². The summed E-state index contributed by atoms with van der Waals surface area (Å²) < 4.78 is 0. The normalized spacial score (nSPS) is 11.3. The van der Waals surface area contributed by atoms with Crippen molar-refractivity contribution < 1.29 is 19.8 Å². The Kier molecular flexibility index (Phi) is 20.3. The standard InChI is InChI=1S/C23H44N2O4/c1-2-3-4-5-6-7-8-9-10-11-12-13-14-15-16-17-22(28)24-18-23(29)25-21(19-26)20-27/h9-10,21,26-27H,2-8,11-20H2,1H3,(H,24,28)(H,25,29)/b10-9+. The van der Waals surface area contributed by atoms with Crippen molar-refractivity contribution in [3.05, 3.63) is 12.2 Å². The highest BCUT2D eigenvalue weighted by Crippen LogP contribution is 2.09. The molecule has 6 heteroatoms. The maximum Gasteiger partial charge on any atom is 0.239 e. The van der Waals surface area contributed by atoms with Crippen LogP contribution in [0.2, 0.25) is 0 Å². The first-order chi connectivity index (χ1) is 14.1. The minimum Gasteiger partial charge on any atom is -0.394 e. The predicted octanol–water partition coefficient (Wildman–Crippen LogP) is 3.61. The second kappa shape index (κ2) is 21.3. The summed E-state index contributed by atoms with van der Waals surface area (Å²) in [6.45, 7) is 1.47. The van der Waals surface area contributed by atoms with Crippen molar-refractivity contribution in [1.29, 1.82) is 0 Å². The third kappa shape index (κ3) is 19.7. The van der Waals surface area contributed by atoms with Gasteiger partial charge in [0, 0.05) is 6.42 Å². The predicted molar refractivity (Wildman–Crippen MR) is 119 cm³/mol. The van der Waals surface area contributed by atoms with Gasteiger partial charge in [-0.25, -0.2) is 0 Å². The molecule has 0 bridgehead atoms. The first kappa shape index (κ1) is 27.6. The number of carbonyl (C=O) groups is 2. The molecule has 0 radical (unpaired) electrons. The van der Waals surface area contributed by atoms with Crippen LogP contribution in [-0.2, 0) is 9.59 Å². The smallest absolute Gasteiger partial charge is 0.239 e. The summed E-state index contributed by atoms with van der Waals surface area (Å²) in [7, 11) is 0. The molecule has 0 aliphatic heterocycles. The fraction of sp³-hybridized carbons (Fsp3) is 0.826. The number of unbranched alkanes of at least 4 members (excludes halogenated alkanes) is 11. The number of rotatable bonds is 20. The number of nitrogens with one attached hydrogen (secondary N) is 2. The van der Waals surface area contributed by atoms with Gasteiger partial charge in [-0.1, -0.05) is 70.4 Å². The molecule has 0 unspecified atom stereocenters. The average Bonchev–Trinajstić information content (AvgIpc) is 2.73. The third-order valence-electron chi connectivity index (χ3n) is 4.92. The highest BCUT2D eigenvalue weighted by molar-refractivity contribution is 5.84. The van der Waals surface area contributed by atoms with Gasteiger partial charge in [-0.15, -0.1) is 0 Å². The van der Waals surface area contributed by atoms with Gasteiger partial charge < -0.3 is 20.8 Å². The monoisotopic (exact) mass is 412 g/mol. The topological polar surface area (TPSA) is 98.7 Å². The zero-order chi connectivity index (χ0) is 21.6. The molecule has 0 atom stereocenters. The van der Waals surface area contributed by atoms with E-state index < -0.39 is 11.9 Å². The molecule has 0 aromatic rings. The number of hydrogen-bond acceptors (Lipinski definition) is 4. The van der Waals surface area contributed by atoms with Gasteiger partial charge >= 0.3 is 0 Å². The van der Waals surface area contributed by atoms with Crippen molar-refractivity contribution in [3.63, 3.8) is 0 Å². The van der Waals surface area contributed by atoms with Crippen LogP contribution in [0.5, 0.6) is 0 Å². The second-order valence-corrected chi connectivity index (χ2v) is 7.74. The largest absolute Gasteiger partial charge is 0.394 e. The van der Waals surface area contributed by atoms with Gasteiger partial charge in [0.15, 0.2) is 0 Å². The Balaban J connectivity index is 3.40. The Morgan fingerprint density at radius 1 is 0.759 bits per heavy atom. The van der Waals surface area contributed by atoms with Crippen LogP contribution in [-0.4, -0.2) is 47.8 Å². The summed E-state index contributed by atoms with van der Waals surface area (Å²) >= 11 is 0. The minimum atomic E-state index is -0.676. The van der Waals surface area contributed by atoms with Gasteiger partial charge in [-0.05, 0) is 32.1 Å². The highest BCUT2D eigenvalue weighted by atomic mass is 16.3. The quantitative estimate of drug-likeness (QED) is 0.181. The fourth-order valence-electron chi connectivity index (χ4n) is 3.05. The number of aliphatic hydroxyl groups excluding tert-OH is 2. The number of aliphatic hydroxyl groups is 2. The van der Waals surface area contributed by atoms with E-state index in [-0.39, 0.29) is 25.7 Å². The molecular weight excluding hydrogens is 368 g/mol. The molecule has 0 saturated carbocycles. The van der Waals surface area contributed by atoms with Gasteiger partial charge in [-0.2, -0.15) is 0 Å². The summed E-state index contributed by atoms with van der Waals surface area (Å²) in [6, 6.07) is -0.676. The van der Waals surface area contributed by atoms with Gasteiger partial charge in [-0.3, -0.25) is 9.59 Å². The van der Waals surface area contributed by atoms with Crippen molar-refractivity contribution >= 4 is 11.8 Å². The zero-order valence-corrected chi connectivity index (χ0v) is 18.5. The molecule has 0 rings (SSSR count). The Labute approximate surface area is 177 Å². The lowest BCUT2D eigenvalue weighted by Crippen LogP contribution is -2.45. The molecule has 29 heavy (non-hydrogen) atoms. The average molecular weight is 413 g/mol. The van der Waals surface area contributed by atoms with Crippen LogP contribution in [0.1, 0.15) is 96.8 Å². The van der Waals surface area contributed by atoms with Gasteiger partial charge in [0.2, 0.25) is 11.8 Å². The third-order valence-corrected chi connectivity index (χ3v) is 4.92. The van der Waals surface area contributed by atoms with Crippen LogP contribution in [0.4, 0.5) is 0 Å². The van der Waals surface area contributed by atoms with E-state index in [1.54, 1.807) is 0 Å². The summed E-state index contributed by atoms with van der Waals surface area (Å²) in [5.41, 5.74) is 0. The Morgan fingerprint density at radius 3 is 1.83 bits per heavy atom. The van der Waals surface area contributed by atoms with E-state index in [1.807, 2.05) is 0 Å². The maximum absolute atomic E-state index is 11.7. The lowest BCUT2D eigenvalue weighted by Gasteiger charge is -2.13. The zero-order valence-electron chi connectivity index (χ0n) is 18.5. The van der Waals surface area contributed by atoms with Crippen molar-refractivity contribution in [1.82, 2.24) is 10.6 Å². The molecule has 0 aromatic heterocycles. The molecule has 6 nitrogen and oxygen atoms in total. The Morgan fingerprint density at radius 2 is 1.28 bits per heavy atom. The Bertz CT molecular complexity index is 423. The second-order valence-electron chi connectivity index (χ2n) is 7.74. The molecule has 0 saturated heterocycles. The Hall–Kier alpha value is -1.40. The van der Waals surface area contributed by atoms with E-state index in [4.69, 9.17) is 10.2 Å². The van der Waals surface area contributed by atoms with Crippen molar-refractivity contribution in [2.45, 2.75) is 103 Å². The van der Waals surface area contributed by atoms with Crippen LogP contribution in [0.25, 0.3) is 0 Å². The maximum atomic E-state index is 11.7. The summed E-state index contributed by atoms with van der Waals surface area (Å²) in [6.07, 6.45) is 20.9. The number of carbonyl (C=O) groups excluding carboxylic acids is 2. The van der Waals surface area contributed by atoms with Crippen molar-refractivity contribution in [2.75, 3.05) is 19.8 Å². The van der Waals surface area contributed by atoms with Crippen LogP contribution >= 0.6 is 0 Å². The fourth-order valence-corrected chi connectivity index (χ4v) is 3.05.